The van der Waals surface area contributed by atoms with Crippen molar-refractivity contribution < 1.29 is 14.6 Å². The Bertz CT molecular complexity index is 646. The van der Waals surface area contributed by atoms with Gasteiger partial charge in [-0.1, -0.05) is 32.4 Å². The Morgan fingerprint density at radius 2 is 2.19 bits per heavy atom. The van der Waals surface area contributed by atoms with Crippen LogP contribution in [0.2, 0.25) is 0 Å². The smallest absolute Gasteiger partial charge is 0.167 e. The highest BCUT2D eigenvalue weighted by atomic mass is 16.5. The minimum atomic E-state index is -0.284. The summed E-state index contributed by atoms with van der Waals surface area (Å²) in [6.45, 7) is 8.86. The SMILES string of the molecule is CC(C)CCC[C@@]1(C)Oc2c(O)cccc2[C@@H]2O[C@@H]3CCNC[C@H]3C[C@H]21. The quantitative estimate of drug-likeness (QED) is 0.835. The zero-order chi connectivity index (χ0) is 18.3. The molecular weight excluding hydrogens is 326 g/mol. The van der Waals surface area contributed by atoms with Gasteiger partial charge in [0.2, 0.25) is 0 Å². The number of phenolic OH excluding ortho intramolecular Hbond substituents is 1. The normalized spacial score (nSPS) is 36.0. The molecule has 1 aromatic rings. The highest BCUT2D eigenvalue weighted by molar-refractivity contribution is 5.49. The van der Waals surface area contributed by atoms with Crippen LogP contribution in [0.25, 0.3) is 0 Å². The van der Waals surface area contributed by atoms with E-state index in [0.29, 0.717) is 29.6 Å². The molecule has 1 aromatic carbocycles. The summed E-state index contributed by atoms with van der Waals surface area (Å²) in [4.78, 5) is 0. The average Bonchev–Trinajstić information content (AvgIpc) is 2.61. The van der Waals surface area contributed by atoms with Gasteiger partial charge in [-0.2, -0.15) is 0 Å². The van der Waals surface area contributed by atoms with Crippen LogP contribution in [0.3, 0.4) is 0 Å². The maximum absolute atomic E-state index is 10.4. The van der Waals surface area contributed by atoms with E-state index >= 15 is 0 Å². The Kier molecular flexibility index (Phi) is 4.91. The van der Waals surface area contributed by atoms with Crippen molar-refractivity contribution in [2.45, 2.75) is 70.7 Å². The zero-order valence-electron chi connectivity index (χ0n) is 16.3. The van der Waals surface area contributed by atoms with Gasteiger partial charge in [0.05, 0.1) is 12.2 Å². The molecule has 4 heteroatoms. The summed E-state index contributed by atoms with van der Waals surface area (Å²) in [7, 11) is 0. The number of nitrogens with one attached hydrogen (secondary N) is 1. The van der Waals surface area contributed by atoms with Crippen molar-refractivity contribution in [2.75, 3.05) is 13.1 Å². The van der Waals surface area contributed by atoms with E-state index in [4.69, 9.17) is 9.47 Å². The van der Waals surface area contributed by atoms with Crippen LogP contribution in [0.15, 0.2) is 18.2 Å². The summed E-state index contributed by atoms with van der Waals surface area (Å²) in [6, 6.07) is 5.71. The van der Waals surface area contributed by atoms with Crippen LogP contribution in [-0.4, -0.2) is 29.9 Å². The third kappa shape index (κ3) is 3.22. The second-order valence-electron chi connectivity index (χ2n) is 9.09. The van der Waals surface area contributed by atoms with E-state index in [0.717, 1.165) is 44.3 Å². The molecule has 3 aliphatic rings. The van der Waals surface area contributed by atoms with Gasteiger partial charge in [0, 0.05) is 18.0 Å². The Balaban J connectivity index is 1.66. The number of ether oxygens (including phenoxy) is 2. The van der Waals surface area contributed by atoms with Crippen LogP contribution in [0, 0.1) is 17.8 Å². The first-order chi connectivity index (χ1) is 12.5. The molecule has 3 heterocycles. The highest BCUT2D eigenvalue weighted by Crippen LogP contribution is 2.55. The predicted molar refractivity (Wildman–Crippen MR) is 103 cm³/mol. The van der Waals surface area contributed by atoms with Crippen molar-refractivity contribution in [1.29, 1.82) is 0 Å². The molecule has 4 rings (SSSR count). The molecule has 3 aliphatic heterocycles. The monoisotopic (exact) mass is 359 g/mol. The third-order valence-electron chi connectivity index (χ3n) is 6.69. The molecule has 2 fully saturated rings. The lowest BCUT2D eigenvalue weighted by Gasteiger charge is -2.53. The maximum Gasteiger partial charge on any atom is 0.167 e. The van der Waals surface area contributed by atoms with Crippen molar-refractivity contribution in [3.05, 3.63) is 23.8 Å². The van der Waals surface area contributed by atoms with Gasteiger partial charge in [-0.15, -0.1) is 0 Å². The Labute approximate surface area is 157 Å². The van der Waals surface area contributed by atoms with Gasteiger partial charge in [0.1, 0.15) is 5.60 Å². The first kappa shape index (κ1) is 18.1. The number of aromatic hydroxyl groups is 1. The van der Waals surface area contributed by atoms with E-state index in [-0.39, 0.29) is 17.5 Å². The first-order valence-electron chi connectivity index (χ1n) is 10.3. The Morgan fingerprint density at radius 1 is 1.35 bits per heavy atom. The van der Waals surface area contributed by atoms with E-state index in [2.05, 4.69) is 32.2 Å². The Morgan fingerprint density at radius 3 is 3.00 bits per heavy atom. The van der Waals surface area contributed by atoms with Crippen LogP contribution in [0.5, 0.6) is 11.5 Å². The van der Waals surface area contributed by atoms with Gasteiger partial charge >= 0.3 is 0 Å². The lowest BCUT2D eigenvalue weighted by atomic mass is 9.68. The van der Waals surface area contributed by atoms with Crippen molar-refractivity contribution in [3.8, 4) is 11.5 Å². The Hall–Kier alpha value is -1.26. The molecular formula is C22H33NO3. The molecule has 0 unspecified atom stereocenters. The van der Waals surface area contributed by atoms with Crippen LogP contribution >= 0.6 is 0 Å². The van der Waals surface area contributed by atoms with Gasteiger partial charge in [0.25, 0.3) is 0 Å². The minimum absolute atomic E-state index is 0.0363. The summed E-state index contributed by atoms with van der Waals surface area (Å²) >= 11 is 0. The van der Waals surface area contributed by atoms with E-state index in [1.807, 2.05) is 6.07 Å². The number of piperidine rings is 1. The second-order valence-corrected chi connectivity index (χ2v) is 9.09. The lowest BCUT2D eigenvalue weighted by molar-refractivity contribution is -0.184. The summed E-state index contributed by atoms with van der Waals surface area (Å²) in [5, 5.41) is 14.0. The van der Waals surface area contributed by atoms with Gasteiger partial charge in [-0.25, -0.2) is 0 Å². The predicted octanol–water partition coefficient (Wildman–Crippen LogP) is 4.43. The van der Waals surface area contributed by atoms with Crippen molar-refractivity contribution in [1.82, 2.24) is 5.32 Å². The molecule has 144 valence electrons. The standard InChI is InChI=1S/C22H33NO3/c1-14(2)6-5-10-22(3)17-12-15-13-23-11-9-19(15)25-20(17)16-7-4-8-18(24)21(16)26-22/h4,7-8,14-15,17,19-20,23-24H,5-6,9-13H2,1-3H3/t15-,17-,19-,20+,22-/m1/s1. The minimum Gasteiger partial charge on any atom is -0.504 e. The molecule has 26 heavy (non-hydrogen) atoms. The van der Waals surface area contributed by atoms with E-state index < -0.39 is 0 Å². The molecule has 0 spiro atoms. The molecule has 2 N–H and O–H groups in total. The summed E-state index contributed by atoms with van der Waals surface area (Å²) in [5.74, 6) is 2.50. The van der Waals surface area contributed by atoms with E-state index in [1.165, 1.54) is 6.42 Å². The van der Waals surface area contributed by atoms with E-state index in [1.54, 1.807) is 6.07 Å². The number of hydrogen-bond donors (Lipinski definition) is 2. The van der Waals surface area contributed by atoms with Gasteiger partial charge < -0.3 is 19.9 Å². The van der Waals surface area contributed by atoms with Crippen LogP contribution < -0.4 is 10.1 Å². The third-order valence-corrected chi connectivity index (χ3v) is 6.69. The largest absolute Gasteiger partial charge is 0.504 e. The fraction of sp³-hybridized carbons (Fsp3) is 0.727. The maximum atomic E-state index is 10.4. The second kappa shape index (κ2) is 7.05. The van der Waals surface area contributed by atoms with Crippen LogP contribution in [0.4, 0.5) is 0 Å². The van der Waals surface area contributed by atoms with Crippen molar-refractivity contribution in [2.24, 2.45) is 17.8 Å². The van der Waals surface area contributed by atoms with Gasteiger partial charge in [-0.3, -0.25) is 0 Å². The number of benzene rings is 1. The number of hydrogen-bond acceptors (Lipinski definition) is 4. The number of rotatable bonds is 4. The molecule has 0 amide bonds. The van der Waals surface area contributed by atoms with Crippen LogP contribution in [-0.2, 0) is 4.74 Å². The average molecular weight is 360 g/mol. The number of phenols is 1. The summed E-state index contributed by atoms with van der Waals surface area (Å²) in [5.41, 5.74) is 0.752. The van der Waals surface area contributed by atoms with Crippen molar-refractivity contribution >= 4 is 0 Å². The van der Waals surface area contributed by atoms with Crippen molar-refractivity contribution in [3.63, 3.8) is 0 Å². The molecule has 0 aromatic heterocycles. The molecule has 0 bridgehead atoms. The zero-order valence-corrected chi connectivity index (χ0v) is 16.3. The molecule has 2 saturated heterocycles. The molecule has 5 atom stereocenters. The lowest BCUT2D eigenvalue weighted by Crippen LogP contribution is -2.55. The van der Waals surface area contributed by atoms with Gasteiger partial charge in [0.15, 0.2) is 11.5 Å². The first-order valence-corrected chi connectivity index (χ1v) is 10.3. The van der Waals surface area contributed by atoms with Crippen LogP contribution in [0.1, 0.15) is 64.5 Å². The highest BCUT2D eigenvalue weighted by Gasteiger charge is 2.52. The van der Waals surface area contributed by atoms with Gasteiger partial charge in [-0.05, 0) is 57.1 Å². The number of para-hydroxylation sites is 1. The molecule has 0 aliphatic carbocycles. The summed E-state index contributed by atoms with van der Waals surface area (Å²) < 4.78 is 13.2. The fourth-order valence-electron chi connectivity index (χ4n) is 5.19. The molecule has 0 radical (unpaired) electrons. The number of fused-ring (bicyclic) bond motifs is 4. The molecule has 0 saturated carbocycles. The summed E-state index contributed by atoms with van der Waals surface area (Å²) in [6.07, 6.45) is 5.93. The van der Waals surface area contributed by atoms with E-state index in [9.17, 15) is 5.11 Å². The topological polar surface area (TPSA) is 50.7 Å². The fourth-order valence-corrected chi connectivity index (χ4v) is 5.19. The molecule has 4 nitrogen and oxygen atoms in total.